The van der Waals surface area contributed by atoms with Crippen LogP contribution in [0.5, 0.6) is 0 Å². The number of ether oxygens (including phenoxy) is 1. The van der Waals surface area contributed by atoms with E-state index in [-0.39, 0.29) is 5.97 Å². The van der Waals surface area contributed by atoms with Gasteiger partial charge in [0.1, 0.15) is 5.69 Å². The number of nitrogens with one attached hydrogen (secondary N) is 2. The van der Waals surface area contributed by atoms with Crippen LogP contribution in [0.2, 0.25) is 0 Å². The molecule has 3 aromatic rings. The van der Waals surface area contributed by atoms with Gasteiger partial charge in [0, 0.05) is 27.5 Å². The van der Waals surface area contributed by atoms with Crippen molar-refractivity contribution in [3.05, 3.63) is 34.6 Å². The molecule has 0 aliphatic rings. The molecule has 3 rings (SSSR count). The third kappa shape index (κ3) is 1.72. The molecule has 0 amide bonds. The largest absolute Gasteiger partial charge is 0.461 e. The average Bonchev–Trinajstić information content (AvgIpc) is 2.91. The second-order valence-electron chi connectivity index (χ2n) is 5.18. The zero-order chi connectivity index (χ0) is 14.4. The van der Waals surface area contributed by atoms with Gasteiger partial charge in [-0.1, -0.05) is 0 Å². The van der Waals surface area contributed by atoms with E-state index in [1.807, 2.05) is 20.8 Å². The van der Waals surface area contributed by atoms with Crippen molar-refractivity contribution in [2.24, 2.45) is 0 Å². The molecule has 104 valence electrons. The van der Waals surface area contributed by atoms with E-state index < -0.39 is 0 Å². The third-order valence-electron chi connectivity index (χ3n) is 3.81. The highest BCUT2D eigenvalue weighted by molar-refractivity contribution is 6.06. The first-order chi connectivity index (χ1) is 9.52. The first-order valence-electron chi connectivity index (χ1n) is 6.81. The zero-order valence-electron chi connectivity index (χ0n) is 12.2. The number of aryl methyl sites for hydroxylation is 3. The maximum absolute atomic E-state index is 12.0. The average molecular weight is 270 g/mol. The Morgan fingerprint density at radius 3 is 2.55 bits per heavy atom. The van der Waals surface area contributed by atoms with E-state index in [1.54, 1.807) is 0 Å². The lowest BCUT2D eigenvalue weighted by atomic mass is 10.0. The van der Waals surface area contributed by atoms with E-state index in [2.05, 4.69) is 29.0 Å². The van der Waals surface area contributed by atoms with Gasteiger partial charge in [-0.15, -0.1) is 0 Å². The van der Waals surface area contributed by atoms with Crippen LogP contribution in [0.15, 0.2) is 12.1 Å². The second kappa shape index (κ2) is 4.40. The van der Waals surface area contributed by atoms with E-state index in [0.717, 1.165) is 27.7 Å². The standard InChI is InChI=1S/C16H18N2O2/c1-5-20-16(19)15-10(4)14-9(3)11-6-8(2)17-12(11)7-13(14)18-15/h6-7,17-18H,5H2,1-4H3. The molecule has 20 heavy (non-hydrogen) atoms. The van der Waals surface area contributed by atoms with Crippen LogP contribution < -0.4 is 0 Å². The van der Waals surface area contributed by atoms with Crippen LogP contribution in [0.4, 0.5) is 0 Å². The highest BCUT2D eigenvalue weighted by Crippen LogP contribution is 2.32. The lowest BCUT2D eigenvalue weighted by Gasteiger charge is -2.01. The van der Waals surface area contributed by atoms with Crippen molar-refractivity contribution in [2.75, 3.05) is 6.61 Å². The summed E-state index contributed by atoms with van der Waals surface area (Å²) >= 11 is 0. The fourth-order valence-electron chi connectivity index (χ4n) is 2.93. The summed E-state index contributed by atoms with van der Waals surface area (Å²) in [5.41, 5.74) is 5.89. The highest BCUT2D eigenvalue weighted by Gasteiger charge is 2.18. The molecule has 0 aliphatic carbocycles. The number of hydrogen-bond donors (Lipinski definition) is 2. The van der Waals surface area contributed by atoms with Crippen molar-refractivity contribution >= 4 is 27.8 Å². The number of aromatic nitrogens is 2. The number of hydrogen-bond acceptors (Lipinski definition) is 2. The first-order valence-corrected chi connectivity index (χ1v) is 6.81. The Kier molecular flexibility index (Phi) is 2.82. The van der Waals surface area contributed by atoms with Crippen LogP contribution in [-0.2, 0) is 4.74 Å². The van der Waals surface area contributed by atoms with Crippen molar-refractivity contribution in [3.8, 4) is 0 Å². The summed E-state index contributed by atoms with van der Waals surface area (Å²) < 4.78 is 5.10. The van der Waals surface area contributed by atoms with Crippen molar-refractivity contribution in [2.45, 2.75) is 27.7 Å². The summed E-state index contributed by atoms with van der Waals surface area (Å²) in [6.45, 7) is 8.29. The minimum absolute atomic E-state index is 0.291. The summed E-state index contributed by atoms with van der Waals surface area (Å²) in [6, 6.07) is 4.20. The van der Waals surface area contributed by atoms with Crippen LogP contribution in [0.25, 0.3) is 21.8 Å². The molecule has 0 saturated heterocycles. The molecule has 2 heterocycles. The number of rotatable bonds is 2. The Balaban J connectivity index is 2.31. The van der Waals surface area contributed by atoms with Crippen LogP contribution in [-0.4, -0.2) is 22.5 Å². The van der Waals surface area contributed by atoms with Gasteiger partial charge in [-0.05, 0) is 51.0 Å². The lowest BCUT2D eigenvalue weighted by molar-refractivity contribution is 0.0520. The number of carbonyl (C=O) groups is 1. The number of H-pyrrole nitrogens is 2. The Morgan fingerprint density at radius 1 is 1.10 bits per heavy atom. The molecule has 0 spiro atoms. The summed E-state index contributed by atoms with van der Waals surface area (Å²) in [5.74, 6) is -0.291. The molecule has 4 nitrogen and oxygen atoms in total. The van der Waals surface area contributed by atoms with E-state index >= 15 is 0 Å². The monoisotopic (exact) mass is 270 g/mol. The van der Waals surface area contributed by atoms with E-state index in [0.29, 0.717) is 12.3 Å². The van der Waals surface area contributed by atoms with Crippen molar-refractivity contribution < 1.29 is 9.53 Å². The van der Waals surface area contributed by atoms with Gasteiger partial charge >= 0.3 is 5.97 Å². The fraction of sp³-hybridized carbons (Fsp3) is 0.312. The quantitative estimate of drug-likeness (QED) is 0.697. The van der Waals surface area contributed by atoms with Gasteiger partial charge in [0.15, 0.2) is 0 Å². The predicted molar refractivity (Wildman–Crippen MR) is 80.3 cm³/mol. The normalized spacial score (nSPS) is 11.4. The maximum atomic E-state index is 12.0. The van der Waals surface area contributed by atoms with E-state index in [1.165, 1.54) is 10.9 Å². The number of fused-ring (bicyclic) bond motifs is 2. The minimum atomic E-state index is -0.291. The highest BCUT2D eigenvalue weighted by atomic mass is 16.5. The van der Waals surface area contributed by atoms with Gasteiger partial charge in [0.25, 0.3) is 0 Å². The number of benzene rings is 1. The molecule has 2 N–H and O–H groups in total. The SMILES string of the molecule is CCOC(=O)c1[nH]c2cc3[nH]c(C)cc3c(C)c2c1C. The smallest absolute Gasteiger partial charge is 0.355 e. The van der Waals surface area contributed by atoms with E-state index in [9.17, 15) is 4.79 Å². The van der Waals surface area contributed by atoms with Gasteiger partial charge in [-0.2, -0.15) is 0 Å². The first kappa shape index (κ1) is 12.8. The van der Waals surface area contributed by atoms with E-state index in [4.69, 9.17) is 4.74 Å². The third-order valence-corrected chi connectivity index (χ3v) is 3.81. The molecule has 0 saturated carbocycles. The fourth-order valence-corrected chi connectivity index (χ4v) is 2.93. The van der Waals surface area contributed by atoms with Gasteiger partial charge < -0.3 is 14.7 Å². The maximum Gasteiger partial charge on any atom is 0.355 e. The lowest BCUT2D eigenvalue weighted by Crippen LogP contribution is -2.06. The molecule has 1 aromatic carbocycles. The summed E-state index contributed by atoms with van der Waals surface area (Å²) in [6.07, 6.45) is 0. The molecular formula is C16H18N2O2. The molecule has 0 bridgehead atoms. The topological polar surface area (TPSA) is 57.9 Å². The number of aromatic amines is 2. The molecule has 4 heteroatoms. The van der Waals surface area contributed by atoms with Crippen LogP contribution in [0.1, 0.15) is 34.2 Å². The molecule has 0 atom stereocenters. The van der Waals surface area contributed by atoms with Gasteiger partial charge in [-0.25, -0.2) is 4.79 Å². The molecule has 0 fully saturated rings. The number of carbonyl (C=O) groups excluding carboxylic acids is 1. The minimum Gasteiger partial charge on any atom is -0.461 e. The Morgan fingerprint density at radius 2 is 1.85 bits per heavy atom. The van der Waals surface area contributed by atoms with Crippen LogP contribution in [0, 0.1) is 20.8 Å². The molecular weight excluding hydrogens is 252 g/mol. The zero-order valence-corrected chi connectivity index (χ0v) is 12.2. The van der Waals surface area contributed by atoms with Crippen LogP contribution >= 0.6 is 0 Å². The summed E-state index contributed by atoms with van der Waals surface area (Å²) in [5, 5.41) is 2.31. The Bertz CT molecular complexity index is 824. The molecule has 0 unspecified atom stereocenters. The second-order valence-corrected chi connectivity index (χ2v) is 5.18. The predicted octanol–water partition coefficient (Wildman–Crippen LogP) is 3.75. The summed E-state index contributed by atoms with van der Waals surface area (Å²) in [4.78, 5) is 18.5. The summed E-state index contributed by atoms with van der Waals surface area (Å²) in [7, 11) is 0. The van der Waals surface area contributed by atoms with Gasteiger partial charge in [0.2, 0.25) is 0 Å². The van der Waals surface area contributed by atoms with Gasteiger partial charge in [0.05, 0.1) is 6.61 Å². The Labute approximate surface area is 117 Å². The van der Waals surface area contributed by atoms with Crippen LogP contribution in [0.3, 0.4) is 0 Å². The van der Waals surface area contributed by atoms with Crippen molar-refractivity contribution in [3.63, 3.8) is 0 Å². The van der Waals surface area contributed by atoms with Crippen molar-refractivity contribution in [1.29, 1.82) is 0 Å². The Hall–Kier alpha value is -2.23. The van der Waals surface area contributed by atoms with Gasteiger partial charge in [-0.3, -0.25) is 0 Å². The molecule has 0 aliphatic heterocycles. The molecule has 0 radical (unpaired) electrons. The molecule has 2 aromatic heterocycles. The number of esters is 1. The van der Waals surface area contributed by atoms with Crippen molar-refractivity contribution in [1.82, 2.24) is 9.97 Å².